The normalized spacial score (nSPS) is 9.08. The monoisotopic (exact) mass is 205 g/mol. The van der Waals surface area contributed by atoms with Gasteiger partial charge in [-0.2, -0.15) is 0 Å². The van der Waals surface area contributed by atoms with E-state index < -0.39 is 6.09 Å². The van der Waals surface area contributed by atoms with Crippen LogP contribution in [0.15, 0.2) is 12.7 Å². The maximum atomic E-state index is 11.0. The van der Waals surface area contributed by atoms with Crippen molar-refractivity contribution < 1.29 is 14.3 Å². The van der Waals surface area contributed by atoms with Crippen LogP contribution in [0.2, 0.25) is 0 Å². The molecule has 4 nitrogen and oxygen atoms in total. The Labute approximate surface area is 82.1 Å². The standard InChI is InChI=1S/C8H12ClNO3/c1-3-4-10(8(12)13-2)6-7(11)5-9/h3H,1,4-6H2,2H3. The van der Waals surface area contributed by atoms with Gasteiger partial charge in [0.25, 0.3) is 0 Å². The van der Waals surface area contributed by atoms with Crippen LogP contribution in [0, 0.1) is 0 Å². The van der Waals surface area contributed by atoms with Crippen molar-refractivity contribution in [2.24, 2.45) is 0 Å². The molecule has 0 aliphatic rings. The molecule has 0 aromatic rings. The third-order valence-corrected chi connectivity index (χ3v) is 1.60. The molecule has 0 N–H and O–H groups in total. The van der Waals surface area contributed by atoms with Crippen molar-refractivity contribution in [1.82, 2.24) is 4.90 Å². The molecule has 0 unspecified atom stereocenters. The van der Waals surface area contributed by atoms with Crippen molar-refractivity contribution in [3.63, 3.8) is 0 Å². The van der Waals surface area contributed by atoms with Gasteiger partial charge in [0.1, 0.15) is 0 Å². The van der Waals surface area contributed by atoms with Crippen molar-refractivity contribution in [2.45, 2.75) is 0 Å². The topological polar surface area (TPSA) is 46.6 Å². The van der Waals surface area contributed by atoms with Crippen LogP contribution < -0.4 is 0 Å². The second-order valence-electron chi connectivity index (χ2n) is 2.31. The highest BCUT2D eigenvalue weighted by Gasteiger charge is 2.14. The zero-order chi connectivity index (χ0) is 10.3. The van der Waals surface area contributed by atoms with Crippen LogP contribution >= 0.6 is 11.6 Å². The number of methoxy groups -OCH3 is 1. The van der Waals surface area contributed by atoms with Gasteiger partial charge in [0, 0.05) is 6.54 Å². The van der Waals surface area contributed by atoms with E-state index in [2.05, 4.69) is 11.3 Å². The predicted octanol–water partition coefficient (Wildman–Crippen LogP) is 1.05. The molecule has 0 fully saturated rings. The van der Waals surface area contributed by atoms with E-state index in [1.54, 1.807) is 0 Å². The van der Waals surface area contributed by atoms with Crippen LogP contribution in [0.4, 0.5) is 4.79 Å². The minimum absolute atomic E-state index is 0.0395. The van der Waals surface area contributed by atoms with E-state index in [-0.39, 0.29) is 24.8 Å². The highest BCUT2D eigenvalue weighted by atomic mass is 35.5. The molecule has 0 rings (SSSR count). The predicted molar refractivity (Wildman–Crippen MR) is 49.9 cm³/mol. The largest absolute Gasteiger partial charge is 0.453 e. The van der Waals surface area contributed by atoms with E-state index in [9.17, 15) is 9.59 Å². The molecule has 0 saturated carbocycles. The zero-order valence-corrected chi connectivity index (χ0v) is 8.21. The van der Waals surface area contributed by atoms with Gasteiger partial charge < -0.3 is 4.74 Å². The van der Waals surface area contributed by atoms with Crippen molar-refractivity contribution in [1.29, 1.82) is 0 Å². The first-order valence-corrected chi connectivity index (χ1v) is 4.20. The lowest BCUT2D eigenvalue weighted by Crippen LogP contribution is -2.36. The summed E-state index contributed by atoms with van der Waals surface area (Å²) in [7, 11) is 1.25. The summed E-state index contributed by atoms with van der Waals surface area (Å²) in [6, 6.07) is 0. The molecule has 13 heavy (non-hydrogen) atoms. The van der Waals surface area contributed by atoms with Gasteiger partial charge in [0.15, 0.2) is 5.78 Å². The molecule has 0 spiro atoms. The van der Waals surface area contributed by atoms with Crippen LogP contribution in [-0.4, -0.2) is 42.9 Å². The van der Waals surface area contributed by atoms with E-state index in [1.165, 1.54) is 18.1 Å². The molecule has 0 heterocycles. The van der Waals surface area contributed by atoms with Gasteiger partial charge in [0.05, 0.1) is 19.5 Å². The van der Waals surface area contributed by atoms with Crippen LogP contribution in [-0.2, 0) is 9.53 Å². The molecule has 0 aromatic carbocycles. The number of hydrogen-bond donors (Lipinski definition) is 0. The Morgan fingerprint density at radius 3 is 2.62 bits per heavy atom. The fourth-order valence-corrected chi connectivity index (χ4v) is 0.828. The van der Waals surface area contributed by atoms with Gasteiger partial charge in [0.2, 0.25) is 0 Å². The van der Waals surface area contributed by atoms with Crippen LogP contribution in [0.1, 0.15) is 0 Å². The summed E-state index contributed by atoms with van der Waals surface area (Å²) >= 11 is 5.29. The van der Waals surface area contributed by atoms with Crippen LogP contribution in [0.5, 0.6) is 0 Å². The minimum atomic E-state index is -0.557. The van der Waals surface area contributed by atoms with E-state index in [0.29, 0.717) is 0 Å². The number of Topliss-reactive ketones (excluding diaryl/α,β-unsaturated/α-hetero) is 1. The number of alkyl halides is 1. The molecule has 74 valence electrons. The summed E-state index contributed by atoms with van der Waals surface area (Å²) in [4.78, 5) is 23.1. The molecule has 0 atom stereocenters. The molecule has 0 aliphatic heterocycles. The Bertz CT molecular complexity index is 206. The van der Waals surface area contributed by atoms with Gasteiger partial charge in [-0.25, -0.2) is 4.79 Å². The Morgan fingerprint density at radius 1 is 1.62 bits per heavy atom. The van der Waals surface area contributed by atoms with Crippen molar-refractivity contribution in [2.75, 3.05) is 26.1 Å². The molecule has 0 bridgehead atoms. The first-order chi connectivity index (χ1) is 6.15. The lowest BCUT2D eigenvalue weighted by molar-refractivity contribution is -0.117. The first-order valence-electron chi connectivity index (χ1n) is 3.67. The van der Waals surface area contributed by atoms with E-state index >= 15 is 0 Å². The molecule has 0 aliphatic carbocycles. The van der Waals surface area contributed by atoms with Gasteiger partial charge in [-0.3, -0.25) is 9.69 Å². The second kappa shape index (κ2) is 6.48. The lowest BCUT2D eigenvalue weighted by Gasteiger charge is -2.17. The summed E-state index contributed by atoms with van der Waals surface area (Å²) in [5.74, 6) is -0.334. The number of ether oxygens (including phenoxy) is 1. The number of hydrogen-bond acceptors (Lipinski definition) is 3. The Morgan fingerprint density at radius 2 is 2.23 bits per heavy atom. The fraction of sp³-hybridized carbons (Fsp3) is 0.500. The van der Waals surface area contributed by atoms with Crippen molar-refractivity contribution in [3.05, 3.63) is 12.7 Å². The van der Waals surface area contributed by atoms with Crippen LogP contribution in [0.3, 0.4) is 0 Å². The van der Waals surface area contributed by atoms with E-state index in [4.69, 9.17) is 11.6 Å². The smallest absolute Gasteiger partial charge is 0.410 e. The zero-order valence-electron chi connectivity index (χ0n) is 7.46. The highest BCUT2D eigenvalue weighted by Crippen LogP contribution is 1.94. The summed E-state index contributed by atoms with van der Waals surface area (Å²) < 4.78 is 4.45. The number of nitrogens with zero attached hydrogens (tertiary/aromatic N) is 1. The average Bonchev–Trinajstić information content (AvgIpc) is 2.15. The van der Waals surface area contributed by atoms with Crippen LogP contribution in [0.25, 0.3) is 0 Å². The number of rotatable bonds is 5. The quantitative estimate of drug-likeness (QED) is 0.498. The van der Waals surface area contributed by atoms with Gasteiger partial charge in [-0.1, -0.05) is 6.08 Å². The SMILES string of the molecule is C=CCN(CC(=O)CCl)C(=O)OC. The third-order valence-electron chi connectivity index (χ3n) is 1.30. The van der Waals surface area contributed by atoms with Gasteiger partial charge >= 0.3 is 6.09 Å². The summed E-state index contributed by atoms with van der Waals surface area (Å²) in [6.07, 6.45) is 0.955. The summed E-state index contributed by atoms with van der Waals surface area (Å²) in [5.41, 5.74) is 0. The Hall–Kier alpha value is -1.03. The molecule has 0 saturated heterocycles. The minimum Gasteiger partial charge on any atom is -0.453 e. The van der Waals surface area contributed by atoms with E-state index in [1.807, 2.05) is 0 Å². The second-order valence-corrected chi connectivity index (χ2v) is 2.58. The molecule has 5 heteroatoms. The fourth-order valence-electron chi connectivity index (χ4n) is 0.744. The first kappa shape index (κ1) is 12.0. The molecule has 1 amide bonds. The molecule has 0 radical (unpaired) electrons. The number of ketones is 1. The Balaban J connectivity index is 4.16. The van der Waals surface area contributed by atoms with Gasteiger partial charge in [-0.05, 0) is 0 Å². The molecular weight excluding hydrogens is 194 g/mol. The lowest BCUT2D eigenvalue weighted by atomic mass is 10.4. The summed E-state index contributed by atoms with van der Waals surface area (Å²) in [6.45, 7) is 3.69. The van der Waals surface area contributed by atoms with Gasteiger partial charge in [-0.15, -0.1) is 18.2 Å². The highest BCUT2D eigenvalue weighted by molar-refractivity contribution is 6.28. The summed E-state index contributed by atoms with van der Waals surface area (Å²) in [5, 5.41) is 0. The Kier molecular flexibility index (Phi) is 5.97. The van der Waals surface area contributed by atoms with Crippen molar-refractivity contribution >= 4 is 23.5 Å². The number of amides is 1. The molecule has 0 aromatic heterocycles. The average molecular weight is 206 g/mol. The number of carbonyl (C=O) groups excluding carboxylic acids is 2. The van der Waals surface area contributed by atoms with Crippen molar-refractivity contribution in [3.8, 4) is 0 Å². The molecular formula is C8H12ClNO3. The maximum absolute atomic E-state index is 11.0. The number of carbonyl (C=O) groups is 2. The number of halogens is 1. The van der Waals surface area contributed by atoms with E-state index in [0.717, 1.165) is 0 Å². The maximum Gasteiger partial charge on any atom is 0.410 e. The third kappa shape index (κ3) is 4.52.